The molecule has 0 aromatic carbocycles. The van der Waals surface area contributed by atoms with Gasteiger partial charge in [-0.05, 0) is 0 Å². The van der Waals surface area contributed by atoms with Gasteiger partial charge in [-0.1, -0.05) is 0 Å². The first-order valence-electron chi connectivity index (χ1n) is 0.698. The molecular formula is H5CaClO4SZn. The summed E-state index contributed by atoms with van der Waals surface area (Å²) in [6.07, 6.45) is 0. The molecule has 8 heteroatoms. The fourth-order valence-corrected chi connectivity index (χ4v) is 0. The average molecular weight is 242 g/mol. The molecule has 0 amide bonds. The van der Waals surface area contributed by atoms with Gasteiger partial charge >= 0.3 is 48.1 Å². The Balaban J connectivity index is -0.00000000800. The van der Waals surface area contributed by atoms with Gasteiger partial charge in [-0.3, -0.25) is 9.11 Å². The van der Waals surface area contributed by atoms with E-state index < -0.39 is 10.4 Å². The maximum absolute atomic E-state index is 8.74. The maximum atomic E-state index is 8.74. The summed E-state index contributed by atoms with van der Waals surface area (Å²) in [7, 11) is -4.67. The predicted molar refractivity (Wildman–Crippen MR) is 29.4 cm³/mol. The molecule has 0 radical (unpaired) electrons. The third kappa shape index (κ3) is 95.6. The van der Waals surface area contributed by atoms with Gasteiger partial charge in [0.2, 0.25) is 0 Å². The maximum Gasteiger partial charge on any atom is 2.00 e. The van der Waals surface area contributed by atoms with Crippen molar-refractivity contribution in [2.45, 2.75) is 0 Å². The zero-order valence-electron chi connectivity index (χ0n) is 5.94. The monoisotopic (exact) mass is 240 g/mol. The molecule has 0 aliphatic carbocycles. The van der Waals surface area contributed by atoms with Crippen molar-refractivity contribution in [1.82, 2.24) is 0 Å². The van der Waals surface area contributed by atoms with Gasteiger partial charge in [-0.15, -0.1) is 12.4 Å². The fourth-order valence-electron chi connectivity index (χ4n) is 0. The van der Waals surface area contributed by atoms with Crippen LogP contribution < -0.4 is 0 Å². The molecule has 0 aromatic rings. The summed E-state index contributed by atoms with van der Waals surface area (Å²) in [6.45, 7) is 0. The Kier molecular flexibility index (Phi) is 25.4. The molecule has 0 atom stereocenters. The van der Waals surface area contributed by atoms with Gasteiger partial charge in [0.15, 0.2) is 0 Å². The number of halogens is 1. The van der Waals surface area contributed by atoms with E-state index in [0.29, 0.717) is 0 Å². The van der Waals surface area contributed by atoms with Gasteiger partial charge < -0.3 is 2.85 Å². The Morgan fingerprint density at radius 3 is 1.25 bits per heavy atom. The van der Waals surface area contributed by atoms with Crippen LogP contribution in [-0.2, 0) is 29.9 Å². The molecule has 46 valence electrons. The minimum Gasteiger partial charge on any atom is -1.00 e. The van der Waals surface area contributed by atoms with Crippen LogP contribution in [0.4, 0.5) is 0 Å². The number of hydrogen-bond donors (Lipinski definition) is 2. The molecule has 0 rings (SSSR count). The summed E-state index contributed by atoms with van der Waals surface area (Å²) in [5.41, 5.74) is 0. The smallest absolute Gasteiger partial charge is 1.00 e. The van der Waals surface area contributed by atoms with Crippen molar-refractivity contribution in [3.8, 4) is 0 Å². The second-order valence-electron chi connectivity index (χ2n) is 0.448. The molecule has 0 aliphatic rings. The Hall–Kier alpha value is 2.04. The van der Waals surface area contributed by atoms with Gasteiger partial charge in [0.25, 0.3) is 0 Å². The van der Waals surface area contributed by atoms with E-state index in [4.69, 9.17) is 17.5 Å². The normalized spacial score (nSPS) is 7.25. The molecule has 8 heavy (non-hydrogen) atoms. The topological polar surface area (TPSA) is 74.6 Å². The van der Waals surface area contributed by atoms with E-state index in [-0.39, 0.29) is 72.5 Å². The van der Waals surface area contributed by atoms with Crippen LogP contribution in [0.25, 0.3) is 0 Å². The Bertz CT molecular complexity index is 106. The molecule has 0 aliphatic heterocycles. The third-order valence-electron chi connectivity index (χ3n) is 0. The van der Waals surface area contributed by atoms with Crippen LogP contribution in [-0.4, -0.2) is 55.3 Å². The van der Waals surface area contributed by atoms with Crippen molar-refractivity contribution in [2.75, 3.05) is 0 Å². The average Bonchev–Trinajstić information content (AvgIpc) is 0.722. The first kappa shape index (κ1) is 22.5. The molecule has 4 nitrogen and oxygen atoms in total. The van der Waals surface area contributed by atoms with E-state index in [9.17, 15) is 0 Å². The Morgan fingerprint density at radius 1 is 1.25 bits per heavy atom. The Morgan fingerprint density at radius 2 is 1.25 bits per heavy atom. The fraction of sp³-hybridized carbons (Fsp3) is 0. The molecule has 0 aromatic heterocycles. The van der Waals surface area contributed by atoms with Gasteiger partial charge in [-0.2, -0.15) is 8.42 Å². The van der Waals surface area contributed by atoms with Crippen molar-refractivity contribution in [1.29, 1.82) is 0 Å². The zero-order chi connectivity index (χ0) is 4.50. The summed E-state index contributed by atoms with van der Waals surface area (Å²) < 4.78 is 31.6. The van der Waals surface area contributed by atoms with E-state index in [1.807, 2.05) is 0 Å². The second kappa shape index (κ2) is 9.04. The molecule has 0 spiro atoms. The van der Waals surface area contributed by atoms with Crippen LogP contribution in [0.5, 0.6) is 0 Å². The molecule has 0 unspecified atom stereocenters. The van der Waals surface area contributed by atoms with Crippen LogP contribution >= 0.6 is 12.4 Å². The van der Waals surface area contributed by atoms with Crippen LogP contribution in [0, 0.1) is 0 Å². The van der Waals surface area contributed by atoms with E-state index in [1.165, 1.54) is 0 Å². The molecule has 0 saturated carbocycles. The first-order chi connectivity index (χ1) is 2.00. The van der Waals surface area contributed by atoms with Crippen LogP contribution in [0.2, 0.25) is 0 Å². The number of hydrogen-bond acceptors (Lipinski definition) is 2. The van der Waals surface area contributed by atoms with Crippen molar-refractivity contribution in [2.24, 2.45) is 0 Å². The summed E-state index contributed by atoms with van der Waals surface area (Å²) >= 11 is 0. The van der Waals surface area contributed by atoms with Crippen molar-refractivity contribution in [3.05, 3.63) is 0 Å². The molecule has 0 saturated heterocycles. The number of rotatable bonds is 0. The standard InChI is InChI=1S/Ca.ClH.H2O4S.Zn.2H/c;;1-5(2,3)4;;;/h;1H;(H2,1,2,3,4);;;/q+2;;;;2*-1. The van der Waals surface area contributed by atoms with Gasteiger partial charge in [0, 0.05) is 19.5 Å². The van der Waals surface area contributed by atoms with E-state index in [0.717, 1.165) is 0 Å². The SMILES string of the molecule is Cl.O=S(=O)(O)O.[Ca+2].[H-].[H-].[Zn]. The van der Waals surface area contributed by atoms with E-state index in [1.54, 1.807) is 0 Å². The molecule has 0 fully saturated rings. The van der Waals surface area contributed by atoms with E-state index >= 15 is 0 Å². The quantitative estimate of drug-likeness (QED) is 0.448. The zero-order valence-corrected chi connectivity index (χ0v) is 10.8. The second-order valence-corrected chi connectivity index (χ2v) is 1.34. The van der Waals surface area contributed by atoms with Gasteiger partial charge in [-0.25, -0.2) is 0 Å². The predicted octanol–water partition coefficient (Wildman–Crippen LogP) is -0.389. The molecule has 0 heterocycles. The van der Waals surface area contributed by atoms with Crippen LogP contribution in [0.3, 0.4) is 0 Å². The van der Waals surface area contributed by atoms with Crippen molar-refractivity contribution < 1.29 is 39.9 Å². The minimum atomic E-state index is -4.67. The van der Waals surface area contributed by atoms with Gasteiger partial charge in [0.1, 0.15) is 0 Å². The third-order valence-corrected chi connectivity index (χ3v) is 0. The summed E-state index contributed by atoms with van der Waals surface area (Å²) in [5, 5.41) is 0. The van der Waals surface area contributed by atoms with Crippen LogP contribution in [0.1, 0.15) is 2.85 Å². The van der Waals surface area contributed by atoms with Crippen molar-refractivity contribution in [3.63, 3.8) is 0 Å². The largest absolute Gasteiger partial charge is 2.00 e. The summed E-state index contributed by atoms with van der Waals surface area (Å²) in [5.74, 6) is 0. The van der Waals surface area contributed by atoms with Gasteiger partial charge in [0.05, 0.1) is 0 Å². The molecule has 0 bridgehead atoms. The molecule has 2 N–H and O–H groups in total. The minimum absolute atomic E-state index is 0. The Labute approximate surface area is 99.1 Å². The van der Waals surface area contributed by atoms with Crippen LogP contribution in [0.15, 0.2) is 0 Å². The summed E-state index contributed by atoms with van der Waals surface area (Å²) in [4.78, 5) is 0. The summed E-state index contributed by atoms with van der Waals surface area (Å²) in [6, 6.07) is 0. The first-order valence-corrected chi connectivity index (χ1v) is 2.10. The van der Waals surface area contributed by atoms with E-state index in [2.05, 4.69) is 0 Å². The molecular weight excluding hydrogens is 237 g/mol. The van der Waals surface area contributed by atoms with Crippen molar-refractivity contribution >= 4 is 60.5 Å².